The third-order valence-electron chi connectivity index (χ3n) is 3.15. The Balaban J connectivity index is 2.35. The lowest BCUT2D eigenvalue weighted by Crippen LogP contribution is -2.10. The zero-order valence-corrected chi connectivity index (χ0v) is 10.9. The zero-order chi connectivity index (χ0) is 15.9. The second-order valence-electron chi connectivity index (χ2n) is 4.48. The molecule has 0 aliphatic rings. The molecule has 0 atom stereocenters. The fourth-order valence-electron chi connectivity index (χ4n) is 2.13. The van der Waals surface area contributed by atoms with Gasteiger partial charge in [0.05, 0.1) is 15.8 Å². The average Bonchev–Trinajstić information content (AvgIpc) is 2.47. The van der Waals surface area contributed by atoms with Crippen LogP contribution in [-0.4, -0.2) is 20.0 Å². The van der Waals surface area contributed by atoms with Crippen molar-refractivity contribution in [3.63, 3.8) is 0 Å². The van der Waals surface area contributed by atoms with Crippen molar-refractivity contribution in [3.8, 4) is 17.1 Å². The van der Waals surface area contributed by atoms with Crippen molar-refractivity contribution in [1.82, 2.24) is 9.97 Å². The summed E-state index contributed by atoms with van der Waals surface area (Å²) in [7, 11) is 0. The van der Waals surface area contributed by atoms with Crippen LogP contribution in [0.4, 0.5) is 10.1 Å². The Morgan fingerprint density at radius 2 is 1.95 bits per heavy atom. The van der Waals surface area contributed by atoms with E-state index in [9.17, 15) is 24.4 Å². The predicted octanol–water partition coefficient (Wildman–Crippen LogP) is 2.34. The van der Waals surface area contributed by atoms with E-state index in [1.54, 1.807) is 18.2 Å². The molecular formula is C14H8FN3O4. The van der Waals surface area contributed by atoms with Crippen LogP contribution in [0.5, 0.6) is 5.75 Å². The van der Waals surface area contributed by atoms with E-state index >= 15 is 0 Å². The SMILES string of the molecule is O=c1[nH]c(-c2c(F)ccc([N+](=O)[O-])c2O)nc2ccccc12. The van der Waals surface area contributed by atoms with Gasteiger partial charge in [-0.3, -0.25) is 14.9 Å². The topological polar surface area (TPSA) is 109 Å². The number of phenols is 1. The third-order valence-corrected chi connectivity index (χ3v) is 3.15. The molecule has 0 radical (unpaired) electrons. The lowest BCUT2D eigenvalue weighted by Gasteiger charge is -2.07. The molecule has 0 spiro atoms. The molecule has 110 valence electrons. The molecule has 0 amide bonds. The summed E-state index contributed by atoms with van der Waals surface area (Å²) in [5, 5.41) is 21.0. The first-order valence-corrected chi connectivity index (χ1v) is 6.14. The van der Waals surface area contributed by atoms with E-state index in [1.165, 1.54) is 6.07 Å². The number of nitro benzene ring substituents is 1. The summed E-state index contributed by atoms with van der Waals surface area (Å²) in [6, 6.07) is 8.04. The quantitative estimate of drug-likeness (QED) is 0.557. The molecular weight excluding hydrogens is 293 g/mol. The lowest BCUT2D eigenvalue weighted by atomic mass is 10.1. The smallest absolute Gasteiger partial charge is 0.311 e. The first-order chi connectivity index (χ1) is 10.5. The maximum absolute atomic E-state index is 14.0. The highest BCUT2D eigenvalue weighted by Crippen LogP contribution is 2.37. The molecule has 0 aliphatic heterocycles. The van der Waals surface area contributed by atoms with Gasteiger partial charge in [-0.05, 0) is 18.2 Å². The molecule has 0 saturated carbocycles. The molecule has 1 aromatic heterocycles. The van der Waals surface area contributed by atoms with Crippen molar-refractivity contribution in [2.24, 2.45) is 0 Å². The number of rotatable bonds is 2. The van der Waals surface area contributed by atoms with Crippen LogP contribution in [0.1, 0.15) is 0 Å². The van der Waals surface area contributed by atoms with Gasteiger partial charge >= 0.3 is 5.69 Å². The van der Waals surface area contributed by atoms with Gasteiger partial charge in [-0.2, -0.15) is 0 Å². The summed E-state index contributed by atoms with van der Waals surface area (Å²) in [5.74, 6) is -2.09. The Morgan fingerprint density at radius 1 is 1.23 bits per heavy atom. The molecule has 2 aromatic carbocycles. The number of nitrogens with one attached hydrogen (secondary N) is 1. The van der Waals surface area contributed by atoms with Crippen LogP contribution in [0.15, 0.2) is 41.2 Å². The van der Waals surface area contributed by atoms with Crippen molar-refractivity contribution in [2.75, 3.05) is 0 Å². The molecule has 0 saturated heterocycles. The van der Waals surface area contributed by atoms with Crippen LogP contribution in [0, 0.1) is 15.9 Å². The molecule has 3 rings (SSSR count). The maximum Gasteiger partial charge on any atom is 0.311 e. The van der Waals surface area contributed by atoms with Crippen molar-refractivity contribution >= 4 is 16.6 Å². The van der Waals surface area contributed by atoms with Crippen LogP contribution in [0.25, 0.3) is 22.3 Å². The minimum absolute atomic E-state index is 0.276. The van der Waals surface area contributed by atoms with E-state index < -0.39 is 33.3 Å². The molecule has 0 unspecified atom stereocenters. The normalized spacial score (nSPS) is 10.8. The van der Waals surface area contributed by atoms with Crippen molar-refractivity contribution < 1.29 is 14.4 Å². The molecule has 0 aliphatic carbocycles. The van der Waals surface area contributed by atoms with E-state index in [-0.39, 0.29) is 16.7 Å². The van der Waals surface area contributed by atoms with Gasteiger partial charge in [0.2, 0.25) is 5.75 Å². The van der Waals surface area contributed by atoms with Crippen LogP contribution in [0.3, 0.4) is 0 Å². The van der Waals surface area contributed by atoms with Gasteiger partial charge in [0, 0.05) is 6.07 Å². The monoisotopic (exact) mass is 301 g/mol. The highest BCUT2D eigenvalue weighted by Gasteiger charge is 2.23. The largest absolute Gasteiger partial charge is 0.502 e. The van der Waals surface area contributed by atoms with Crippen LogP contribution < -0.4 is 5.56 Å². The third kappa shape index (κ3) is 2.06. The van der Waals surface area contributed by atoms with Gasteiger partial charge in [-0.15, -0.1) is 0 Å². The number of H-pyrrole nitrogens is 1. The van der Waals surface area contributed by atoms with E-state index in [4.69, 9.17) is 0 Å². The van der Waals surface area contributed by atoms with Crippen molar-refractivity contribution in [3.05, 3.63) is 62.7 Å². The summed E-state index contributed by atoms with van der Waals surface area (Å²) in [4.78, 5) is 28.3. The lowest BCUT2D eigenvalue weighted by molar-refractivity contribution is -0.385. The van der Waals surface area contributed by atoms with Crippen LogP contribution in [0.2, 0.25) is 0 Å². The number of para-hydroxylation sites is 1. The van der Waals surface area contributed by atoms with Gasteiger partial charge in [-0.25, -0.2) is 9.37 Å². The Hall–Kier alpha value is -3.29. The summed E-state index contributed by atoms with van der Waals surface area (Å²) in [6.07, 6.45) is 0. The fourth-order valence-corrected chi connectivity index (χ4v) is 2.13. The van der Waals surface area contributed by atoms with Gasteiger partial charge in [0.15, 0.2) is 0 Å². The Labute approximate surface area is 121 Å². The standard InChI is InChI=1S/C14H8FN3O4/c15-8-5-6-10(18(21)22)12(19)11(8)13-16-9-4-2-1-3-7(9)14(20)17-13/h1-6,19H,(H,16,17,20). The number of phenolic OH excluding ortho intramolecular Hbond substituents is 1. The molecule has 1 heterocycles. The number of aromatic hydroxyl groups is 1. The minimum Gasteiger partial charge on any atom is -0.502 e. The number of hydrogen-bond donors (Lipinski definition) is 2. The van der Waals surface area contributed by atoms with Gasteiger partial charge in [0.1, 0.15) is 17.2 Å². The molecule has 2 N–H and O–H groups in total. The van der Waals surface area contributed by atoms with E-state index in [2.05, 4.69) is 9.97 Å². The molecule has 0 fully saturated rings. The summed E-state index contributed by atoms with van der Waals surface area (Å²) in [5.41, 5.74) is -1.44. The van der Waals surface area contributed by atoms with Crippen LogP contribution >= 0.6 is 0 Å². The number of fused-ring (bicyclic) bond motifs is 1. The molecule has 0 bridgehead atoms. The number of aromatic nitrogens is 2. The first kappa shape index (κ1) is 13.7. The zero-order valence-electron chi connectivity index (χ0n) is 10.9. The summed E-state index contributed by atoms with van der Waals surface area (Å²) < 4.78 is 14.0. The maximum atomic E-state index is 14.0. The summed E-state index contributed by atoms with van der Waals surface area (Å²) >= 11 is 0. The van der Waals surface area contributed by atoms with Crippen molar-refractivity contribution in [2.45, 2.75) is 0 Å². The number of nitrogens with zero attached hydrogens (tertiary/aromatic N) is 2. The molecule has 3 aromatic rings. The molecule has 8 heteroatoms. The van der Waals surface area contributed by atoms with Gasteiger partial charge in [-0.1, -0.05) is 12.1 Å². The molecule has 22 heavy (non-hydrogen) atoms. The average molecular weight is 301 g/mol. The van der Waals surface area contributed by atoms with Crippen LogP contribution in [-0.2, 0) is 0 Å². The van der Waals surface area contributed by atoms with Crippen molar-refractivity contribution in [1.29, 1.82) is 0 Å². The number of hydrogen-bond acceptors (Lipinski definition) is 5. The van der Waals surface area contributed by atoms with E-state index in [0.717, 1.165) is 12.1 Å². The Bertz CT molecular complexity index is 968. The van der Waals surface area contributed by atoms with Gasteiger partial charge < -0.3 is 10.1 Å². The van der Waals surface area contributed by atoms with E-state index in [0.29, 0.717) is 0 Å². The minimum atomic E-state index is -0.929. The number of benzene rings is 2. The highest BCUT2D eigenvalue weighted by molar-refractivity contribution is 5.81. The second-order valence-corrected chi connectivity index (χ2v) is 4.48. The predicted molar refractivity (Wildman–Crippen MR) is 76.1 cm³/mol. The second kappa shape index (κ2) is 4.92. The van der Waals surface area contributed by atoms with Gasteiger partial charge in [0.25, 0.3) is 5.56 Å². The first-order valence-electron chi connectivity index (χ1n) is 6.14. The highest BCUT2D eigenvalue weighted by atomic mass is 19.1. The van der Waals surface area contributed by atoms with E-state index in [1.807, 2.05) is 0 Å². The summed E-state index contributed by atoms with van der Waals surface area (Å²) in [6.45, 7) is 0. The number of nitro groups is 1. The number of halogens is 1. The molecule has 7 nitrogen and oxygen atoms in total. The Morgan fingerprint density at radius 3 is 2.68 bits per heavy atom. The Kier molecular flexibility index (Phi) is 3.06. The fraction of sp³-hybridized carbons (Fsp3) is 0. The number of aromatic amines is 1.